The van der Waals surface area contributed by atoms with Gasteiger partial charge in [0.1, 0.15) is 11.4 Å². The first-order chi connectivity index (χ1) is 14.4. The lowest BCUT2D eigenvalue weighted by atomic mass is 9.84. The quantitative estimate of drug-likeness (QED) is 0.534. The molecule has 8 heteroatoms. The second-order valence-electron chi connectivity index (χ2n) is 7.55. The Hall–Kier alpha value is -3.13. The molecule has 0 bridgehead atoms. The van der Waals surface area contributed by atoms with Crippen LogP contribution >= 0.6 is 0 Å². The van der Waals surface area contributed by atoms with E-state index in [1.165, 1.54) is 18.7 Å². The van der Waals surface area contributed by atoms with Crippen molar-refractivity contribution in [1.29, 1.82) is 0 Å². The van der Waals surface area contributed by atoms with Crippen molar-refractivity contribution in [3.05, 3.63) is 63.7 Å². The SMILES string of the molecule is CNC(=O)c1ccc(NCC2CCCN(C)C2c2ccc(OC)cc2)c([N+](=O)[O-])c1. The van der Waals surface area contributed by atoms with Gasteiger partial charge >= 0.3 is 0 Å². The van der Waals surface area contributed by atoms with Crippen LogP contribution in [0.3, 0.4) is 0 Å². The van der Waals surface area contributed by atoms with Crippen molar-refractivity contribution in [2.24, 2.45) is 5.92 Å². The summed E-state index contributed by atoms with van der Waals surface area (Å²) in [6.45, 7) is 1.61. The largest absolute Gasteiger partial charge is 0.497 e. The number of nitrogens with zero attached hydrogens (tertiary/aromatic N) is 2. The summed E-state index contributed by atoms with van der Waals surface area (Å²) < 4.78 is 5.27. The van der Waals surface area contributed by atoms with E-state index in [1.54, 1.807) is 19.2 Å². The monoisotopic (exact) mass is 412 g/mol. The normalized spacial score (nSPS) is 19.2. The maximum atomic E-state index is 11.8. The maximum Gasteiger partial charge on any atom is 0.293 e. The molecule has 160 valence electrons. The smallest absolute Gasteiger partial charge is 0.293 e. The van der Waals surface area contributed by atoms with Crippen LogP contribution in [0.25, 0.3) is 0 Å². The molecule has 2 atom stereocenters. The number of hydrogen-bond donors (Lipinski definition) is 2. The van der Waals surface area contributed by atoms with E-state index in [0.29, 0.717) is 12.2 Å². The lowest BCUT2D eigenvalue weighted by Crippen LogP contribution is -2.39. The van der Waals surface area contributed by atoms with Gasteiger partial charge in [-0.2, -0.15) is 0 Å². The summed E-state index contributed by atoms with van der Waals surface area (Å²) in [5.74, 6) is 0.757. The lowest BCUT2D eigenvalue weighted by molar-refractivity contribution is -0.384. The minimum absolute atomic E-state index is 0.0961. The van der Waals surface area contributed by atoms with Crippen molar-refractivity contribution in [3.63, 3.8) is 0 Å². The van der Waals surface area contributed by atoms with Crippen molar-refractivity contribution in [2.75, 3.05) is 39.6 Å². The third kappa shape index (κ3) is 4.71. The van der Waals surface area contributed by atoms with Gasteiger partial charge in [-0.25, -0.2) is 0 Å². The molecule has 1 aliphatic heterocycles. The molecule has 1 fully saturated rings. The van der Waals surface area contributed by atoms with Gasteiger partial charge in [-0.1, -0.05) is 12.1 Å². The molecular weight excluding hydrogens is 384 g/mol. The Morgan fingerprint density at radius 3 is 2.63 bits per heavy atom. The molecule has 0 saturated carbocycles. The zero-order valence-corrected chi connectivity index (χ0v) is 17.6. The summed E-state index contributed by atoms with van der Waals surface area (Å²) in [6.07, 6.45) is 2.10. The van der Waals surface area contributed by atoms with Crippen LogP contribution in [-0.2, 0) is 0 Å². The number of carbonyl (C=O) groups excluding carboxylic acids is 1. The van der Waals surface area contributed by atoms with E-state index in [2.05, 4.69) is 34.7 Å². The maximum absolute atomic E-state index is 11.8. The van der Waals surface area contributed by atoms with E-state index in [0.717, 1.165) is 25.1 Å². The molecule has 30 heavy (non-hydrogen) atoms. The zero-order chi connectivity index (χ0) is 21.7. The van der Waals surface area contributed by atoms with Crippen LogP contribution in [0.1, 0.15) is 34.8 Å². The van der Waals surface area contributed by atoms with Crippen LogP contribution in [0.4, 0.5) is 11.4 Å². The fourth-order valence-electron chi connectivity index (χ4n) is 4.16. The zero-order valence-electron chi connectivity index (χ0n) is 17.6. The van der Waals surface area contributed by atoms with Crippen LogP contribution < -0.4 is 15.4 Å². The van der Waals surface area contributed by atoms with Crippen molar-refractivity contribution in [3.8, 4) is 5.75 Å². The van der Waals surface area contributed by atoms with Crippen LogP contribution in [0.5, 0.6) is 5.75 Å². The number of carbonyl (C=O) groups is 1. The van der Waals surface area contributed by atoms with Crippen molar-refractivity contribution >= 4 is 17.3 Å². The topological polar surface area (TPSA) is 96.7 Å². The number of nitrogens with one attached hydrogen (secondary N) is 2. The number of benzene rings is 2. The first-order valence-corrected chi connectivity index (χ1v) is 10.0. The number of piperidine rings is 1. The number of anilines is 1. The first kappa shape index (κ1) is 21.6. The number of hydrogen-bond acceptors (Lipinski definition) is 6. The molecule has 3 rings (SSSR count). The molecule has 2 N–H and O–H groups in total. The highest BCUT2D eigenvalue weighted by Gasteiger charge is 2.31. The lowest BCUT2D eigenvalue weighted by Gasteiger charge is -2.40. The molecule has 1 saturated heterocycles. The van der Waals surface area contributed by atoms with Gasteiger partial charge in [-0.15, -0.1) is 0 Å². The average molecular weight is 412 g/mol. The van der Waals surface area contributed by atoms with Crippen LogP contribution in [0.15, 0.2) is 42.5 Å². The van der Waals surface area contributed by atoms with Crippen LogP contribution in [-0.4, -0.2) is 50.0 Å². The Morgan fingerprint density at radius 2 is 2.00 bits per heavy atom. The van der Waals surface area contributed by atoms with Crippen molar-refractivity contribution in [1.82, 2.24) is 10.2 Å². The number of amides is 1. The molecule has 1 amide bonds. The van der Waals surface area contributed by atoms with E-state index in [4.69, 9.17) is 4.74 Å². The number of methoxy groups -OCH3 is 1. The predicted octanol–water partition coefficient (Wildman–Crippen LogP) is 3.46. The highest BCUT2D eigenvalue weighted by Crippen LogP contribution is 2.36. The van der Waals surface area contributed by atoms with Crippen molar-refractivity contribution < 1.29 is 14.5 Å². The van der Waals surface area contributed by atoms with Gasteiger partial charge in [0.15, 0.2) is 0 Å². The van der Waals surface area contributed by atoms with Gasteiger partial charge in [0.25, 0.3) is 11.6 Å². The number of likely N-dealkylation sites (tertiary alicyclic amines) is 1. The van der Waals surface area contributed by atoms with E-state index < -0.39 is 4.92 Å². The second-order valence-corrected chi connectivity index (χ2v) is 7.55. The molecular formula is C22H28N4O4. The summed E-state index contributed by atoms with van der Waals surface area (Å²) in [7, 11) is 5.26. The standard InChI is InChI=1S/C22H28N4O4/c1-23-22(27)16-8-11-19(20(13-16)26(28)29)24-14-17-5-4-12-25(2)21(17)15-6-9-18(30-3)10-7-15/h6-11,13,17,21,24H,4-5,12,14H2,1-3H3,(H,23,27). The molecule has 1 heterocycles. The summed E-state index contributed by atoms with van der Waals surface area (Å²) in [5.41, 5.74) is 1.80. The Kier molecular flexibility index (Phi) is 6.89. The van der Waals surface area contributed by atoms with Gasteiger partial charge in [-0.3, -0.25) is 19.8 Å². The van der Waals surface area contributed by atoms with Gasteiger partial charge in [0.05, 0.1) is 12.0 Å². The molecule has 0 spiro atoms. The molecule has 2 unspecified atom stereocenters. The van der Waals surface area contributed by atoms with E-state index >= 15 is 0 Å². The Bertz CT molecular complexity index is 901. The fourth-order valence-corrected chi connectivity index (χ4v) is 4.16. The minimum Gasteiger partial charge on any atom is -0.497 e. The molecule has 8 nitrogen and oxygen atoms in total. The molecule has 0 radical (unpaired) electrons. The van der Waals surface area contributed by atoms with Crippen LogP contribution in [0.2, 0.25) is 0 Å². The molecule has 2 aromatic rings. The summed E-state index contributed by atoms with van der Waals surface area (Å²) in [6, 6.07) is 12.8. The highest BCUT2D eigenvalue weighted by atomic mass is 16.6. The first-order valence-electron chi connectivity index (χ1n) is 10.0. The molecule has 2 aromatic carbocycles. The molecule has 0 aromatic heterocycles. The average Bonchev–Trinajstić information content (AvgIpc) is 2.77. The minimum atomic E-state index is -0.456. The Balaban J connectivity index is 1.80. The summed E-state index contributed by atoms with van der Waals surface area (Å²) in [4.78, 5) is 25.2. The van der Waals surface area contributed by atoms with Gasteiger partial charge in [0.2, 0.25) is 0 Å². The van der Waals surface area contributed by atoms with Gasteiger partial charge in [-0.05, 0) is 62.2 Å². The van der Waals surface area contributed by atoms with Crippen LogP contribution in [0, 0.1) is 16.0 Å². The summed E-state index contributed by atoms with van der Waals surface area (Å²) >= 11 is 0. The number of nitro benzene ring substituents is 1. The Morgan fingerprint density at radius 1 is 1.27 bits per heavy atom. The van der Waals surface area contributed by atoms with Gasteiger partial charge < -0.3 is 15.4 Å². The second kappa shape index (κ2) is 9.58. The van der Waals surface area contributed by atoms with E-state index in [-0.39, 0.29) is 29.1 Å². The van der Waals surface area contributed by atoms with Gasteiger partial charge in [0, 0.05) is 31.3 Å². The van der Waals surface area contributed by atoms with E-state index in [9.17, 15) is 14.9 Å². The Labute approximate surface area is 176 Å². The summed E-state index contributed by atoms with van der Waals surface area (Å²) in [5, 5.41) is 17.3. The molecule has 0 aliphatic carbocycles. The highest BCUT2D eigenvalue weighted by molar-refractivity contribution is 5.95. The predicted molar refractivity (Wildman–Crippen MR) is 116 cm³/mol. The number of nitro groups is 1. The number of rotatable bonds is 7. The van der Waals surface area contributed by atoms with E-state index in [1.807, 2.05) is 12.1 Å². The third-order valence-electron chi connectivity index (χ3n) is 5.70. The number of ether oxygens (including phenoxy) is 1. The molecule has 1 aliphatic rings. The third-order valence-corrected chi connectivity index (χ3v) is 5.70. The van der Waals surface area contributed by atoms with Crippen molar-refractivity contribution in [2.45, 2.75) is 18.9 Å². The fraction of sp³-hybridized carbons (Fsp3) is 0.409.